The highest BCUT2D eigenvalue weighted by Crippen LogP contribution is 2.34. The highest BCUT2D eigenvalue weighted by Gasteiger charge is 2.33. The number of thiophene rings is 1. The summed E-state index contributed by atoms with van der Waals surface area (Å²) in [4.78, 5) is 18.4. The van der Waals surface area contributed by atoms with E-state index in [1.54, 1.807) is 24.5 Å². The van der Waals surface area contributed by atoms with Crippen molar-refractivity contribution in [1.29, 1.82) is 0 Å². The Morgan fingerprint density at radius 1 is 1.44 bits per heavy atom. The van der Waals surface area contributed by atoms with Crippen molar-refractivity contribution in [3.05, 3.63) is 58.8 Å². The first kappa shape index (κ1) is 25.8. The van der Waals surface area contributed by atoms with Gasteiger partial charge in [0.1, 0.15) is 24.7 Å². The molecule has 2 aromatic rings. The summed E-state index contributed by atoms with van der Waals surface area (Å²) in [5.74, 6) is 3.77. The molecule has 1 aromatic heterocycles. The van der Waals surface area contributed by atoms with Gasteiger partial charge in [-0.2, -0.15) is 0 Å². The Hall–Kier alpha value is -2.83. The summed E-state index contributed by atoms with van der Waals surface area (Å²) in [6.07, 6.45) is 6.97. The molecule has 0 saturated heterocycles. The number of nitrogens with zero attached hydrogens (tertiary/aromatic N) is 2. The van der Waals surface area contributed by atoms with Gasteiger partial charge >= 0.3 is 0 Å². The van der Waals surface area contributed by atoms with E-state index in [1.165, 1.54) is 4.88 Å². The van der Waals surface area contributed by atoms with E-state index in [2.05, 4.69) is 23.9 Å². The van der Waals surface area contributed by atoms with Crippen LogP contribution >= 0.6 is 11.3 Å². The van der Waals surface area contributed by atoms with Crippen LogP contribution in [0.4, 0.5) is 0 Å². The fraction of sp³-hybridized carbons (Fsp3) is 0.423. The number of aliphatic hydroxyl groups excluding tert-OH is 1. The van der Waals surface area contributed by atoms with E-state index in [4.69, 9.17) is 20.6 Å². The lowest BCUT2D eigenvalue weighted by Crippen LogP contribution is -2.48. The third kappa shape index (κ3) is 7.08. The smallest absolute Gasteiger partial charge is 0.237 e. The van der Waals surface area contributed by atoms with Crippen molar-refractivity contribution >= 4 is 17.2 Å². The number of benzene rings is 1. The summed E-state index contributed by atoms with van der Waals surface area (Å²) in [5, 5.41) is 12.3. The minimum Gasteiger partial charge on any atom is -0.497 e. The predicted molar refractivity (Wildman–Crippen MR) is 133 cm³/mol. The molecule has 1 aliphatic rings. The molecule has 182 valence electrons. The zero-order valence-corrected chi connectivity index (χ0v) is 20.3. The monoisotopic (exact) mass is 484 g/mol. The Kier molecular flexibility index (Phi) is 9.98. The molecule has 1 amide bonds. The third-order valence-electron chi connectivity index (χ3n) is 5.58. The van der Waals surface area contributed by atoms with Gasteiger partial charge in [-0.1, -0.05) is 18.1 Å². The predicted octanol–water partition coefficient (Wildman–Crippen LogP) is 2.76. The number of carbonyl (C=O) groups excluding carboxylic acids is 1. The lowest BCUT2D eigenvalue weighted by molar-refractivity contribution is -0.136. The maximum Gasteiger partial charge on any atom is 0.237 e. The fourth-order valence-electron chi connectivity index (χ4n) is 4.01. The number of fused-ring (bicyclic) bond motifs is 1. The molecule has 2 atom stereocenters. The number of hydrogen-bond acceptors (Lipinski definition) is 7. The summed E-state index contributed by atoms with van der Waals surface area (Å²) in [7, 11) is 1.62. The standard InChI is InChI=1S/C26H32N2O5S/c1-4-11-27(16-20(29)18-32-13-5-2)17-26(30)28-12-9-25-23(10-14-34-25)24(28)19-33-22-8-6-7-21(15-22)31-3/h2,4,6-8,10,14-15,20,24,29H,1,9,11-13,16-19H2,3H3. The van der Waals surface area contributed by atoms with Gasteiger partial charge in [0.2, 0.25) is 5.91 Å². The van der Waals surface area contributed by atoms with Crippen LogP contribution in [0.25, 0.3) is 0 Å². The molecule has 0 fully saturated rings. The molecule has 2 heterocycles. The van der Waals surface area contributed by atoms with Crippen molar-refractivity contribution < 1.29 is 24.1 Å². The van der Waals surface area contributed by atoms with Gasteiger partial charge in [0.05, 0.1) is 32.4 Å². The minimum absolute atomic E-state index is 0.0188. The van der Waals surface area contributed by atoms with Crippen LogP contribution in [0.5, 0.6) is 11.5 Å². The maximum atomic E-state index is 13.4. The number of amides is 1. The Morgan fingerprint density at radius 2 is 2.26 bits per heavy atom. The van der Waals surface area contributed by atoms with Gasteiger partial charge in [-0.3, -0.25) is 9.69 Å². The molecule has 0 spiro atoms. The van der Waals surface area contributed by atoms with Crippen molar-refractivity contribution in [1.82, 2.24) is 9.80 Å². The molecule has 1 aromatic carbocycles. The van der Waals surface area contributed by atoms with Gasteiger partial charge in [0.15, 0.2) is 0 Å². The van der Waals surface area contributed by atoms with Gasteiger partial charge < -0.3 is 24.2 Å². The van der Waals surface area contributed by atoms with E-state index in [0.29, 0.717) is 25.4 Å². The van der Waals surface area contributed by atoms with E-state index in [0.717, 1.165) is 17.7 Å². The second-order valence-corrected chi connectivity index (χ2v) is 9.00. The first-order valence-electron chi connectivity index (χ1n) is 11.2. The summed E-state index contributed by atoms with van der Waals surface area (Å²) < 4.78 is 16.6. The summed E-state index contributed by atoms with van der Waals surface area (Å²) in [6.45, 7) is 5.92. The van der Waals surface area contributed by atoms with Crippen LogP contribution in [0.3, 0.4) is 0 Å². The number of ether oxygens (including phenoxy) is 3. The lowest BCUT2D eigenvalue weighted by atomic mass is 10.0. The number of aliphatic hydroxyl groups is 1. The highest BCUT2D eigenvalue weighted by atomic mass is 32.1. The van der Waals surface area contributed by atoms with E-state index >= 15 is 0 Å². The summed E-state index contributed by atoms with van der Waals surface area (Å²) in [6, 6.07) is 9.33. The normalized spacial score (nSPS) is 15.9. The second-order valence-electron chi connectivity index (χ2n) is 8.00. The molecule has 0 radical (unpaired) electrons. The topological polar surface area (TPSA) is 71.5 Å². The number of hydrogen-bond donors (Lipinski definition) is 1. The first-order chi connectivity index (χ1) is 16.5. The van der Waals surface area contributed by atoms with Gasteiger partial charge in [0.25, 0.3) is 0 Å². The van der Waals surface area contributed by atoms with E-state index < -0.39 is 6.10 Å². The molecule has 0 aliphatic carbocycles. The van der Waals surface area contributed by atoms with Crippen molar-refractivity contribution in [2.75, 3.05) is 53.1 Å². The van der Waals surface area contributed by atoms with Gasteiger partial charge in [0, 0.05) is 30.6 Å². The van der Waals surface area contributed by atoms with Gasteiger partial charge in [-0.15, -0.1) is 24.3 Å². The zero-order chi connectivity index (χ0) is 24.3. The van der Waals surface area contributed by atoms with E-state index in [9.17, 15) is 9.90 Å². The third-order valence-corrected chi connectivity index (χ3v) is 6.57. The van der Waals surface area contributed by atoms with Crippen LogP contribution in [-0.4, -0.2) is 80.0 Å². The largest absolute Gasteiger partial charge is 0.497 e. The molecule has 0 bridgehead atoms. The Labute approximate surface area is 205 Å². The molecule has 2 unspecified atom stereocenters. The van der Waals surface area contributed by atoms with Gasteiger partial charge in [-0.05, 0) is 35.6 Å². The van der Waals surface area contributed by atoms with Crippen LogP contribution in [0.2, 0.25) is 0 Å². The Morgan fingerprint density at radius 3 is 3.03 bits per heavy atom. The average molecular weight is 485 g/mol. The molecule has 34 heavy (non-hydrogen) atoms. The number of rotatable bonds is 13. The molecule has 0 saturated carbocycles. The molecule has 1 N–H and O–H groups in total. The van der Waals surface area contributed by atoms with E-state index in [1.807, 2.05) is 34.1 Å². The SMILES string of the molecule is C#CCOCC(O)CN(CC=C)CC(=O)N1CCc2sccc2C1COc1cccc(OC)c1. The second kappa shape index (κ2) is 13.2. The number of methoxy groups -OCH3 is 1. The lowest BCUT2D eigenvalue weighted by Gasteiger charge is -2.37. The summed E-state index contributed by atoms with van der Waals surface area (Å²) >= 11 is 1.71. The van der Waals surface area contributed by atoms with E-state index in [-0.39, 0.29) is 38.3 Å². The fourth-order valence-corrected chi connectivity index (χ4v) is 4.94. The molecular weight excluding hydrogens is 452 g/mol. The minimum atomic E-state index is -0.752. The van der Waals surface area contributed by atoms with Crippen molar-refractivity contribution in [3.8, 4) is 23.8 Å². The molecule has 3 rings (SSSR count). The molecular formula is C26H32N2O5S. The van der Waals surface area contributed by atoms with Crippen LogP contribution < -0.4 is 9.47 Å². The van der Waals surface area contributed by atoms with Crippen LogP contribution in [0.15, 0.2) is 48.4 Å². The number of terminal acetylenes is 1. The molecule has 7 nitrogen and oxygen atoms in total. The van der Waals surface area contributed by atoms with Gasteiger partial charge in [-0.25, -0.2) is 0 Å². The maximum absolute atomic E-state index is 13.4. The molecule has 8 heteroatoms. The highest BCUT2D eigenvalue weighted by molar-refractivity contribution is 7.10. The van der Waals surface area contributed by atoms with Crippen molar-refractivity contribution in [3.63, 3.8) is 0 Å². The zero-order valence-electron chi connectivity index (χ0n) is 19.5. The van der Waals surface area contributed by atoms with Crippen LogP contribution in [0.1, 0.15) is 16.5 Å². The summed E-state index contributed by atoms with van der Waals surface area (Å²) in [5.41, 5.74) is 1.13. The quantitative estimate of drug-likeness (QED) is 0.268. The Balaban J connectivity index is 1.68. The van der Waals surface area contributed by atoms with Crippen molar-refractivity contribution in [2.24, 2.45) is 0 Å². The molecule has 1 aliphatic heterocycles. The van der Waals surface area contributed by atoms with Crippen molar-refractivity contribution in [2.45, 2.75) is 18.6 Å². The van der Waals surface area contributed by atoms with Crippen LogP contribution in [-0.2, 0) is 16.0 Å². The number of carbonyl (C=O) groups is 1. The van der Waals surface area contributed by atoms with Crippen LogP contribution in [0, 0.1) is 12.3 Å². The average Bonchev–Trinajstić information content (AvgIpc) is 3.32. The first-order valence-corrected chi connectivity index (χ1v) is 12.1. The Bertz CT molecular complexity index is 986.